The summed E-state index contributed by atoms with van der Waals surface area (Å²) in [7, 11) is 0. The second-order valence-electron chi connectivity index (χ2n) is 4.70. The van der Waals surface area contributed by atoms with Crippen molar-refractivity contribution in [3.63, 3.8) is 0 Å². The molecule has 3 rings (SSSR count). The molecule has 0 radical (unpaired) electrons. The maximum Gasteiger partial charge on any atom is 0.245 e. The zero-order valence-corrected chi connectivity index (χ0v) is 11.2. The Morgan fingerprint density at radius 1 is 1.56 bits per heavy atom. The first-order valence-electron chi connectivity index (χ1n) is 6.24. The molecular formula is C12H17N5S. The number of hydrogen-bond donors (Lipinski definition) is 2. The minimum Gasteiger partial charge on any atom is -0.335 e. The molecule has 5 nitrogen and oxygen atoms in total. The molecule has 2 unspecified atom stereocenters. The second-order valence-corrected chi connectivity index (χ2v) is 5.65. The zero-order chi connectivity index (χ0) is 12.5. The van der Waals surface area contributed by atoms with Gasteiger partial charge in [-0.15, -0.1) is 16.4 Å². The first-order chi connectivity index (χ1) is 8.75. The Balaban J connectivity index is 1.84. The van der Waals surface area contributed by atoms with Gasteiger partial charge in [0.2, 0.25) is 5.95 Å². The molecule has 0 saturated carbocycles. The van der Waals surface area contributed by atoms with Crippen molar-refractivity contribution < 1.29 is 0 Å². The molecule has 3 N–H and O–H groups in total. The van der Waals surface area contributed by atoms with Crippen molar-refractivity contribution >= 4 is 17.3 Å². The first-order valence-corrected chi connectivity index (χ1v) is 7.12. The Morgan fingerprint density at radius 2 is 2.44 bits per heavy atom. The number of aromatic nitrogens is 3. The molecule has 0 aromatic carbocycles. The van der Waals surface area contributed by atoms with Crippen LogP contribution in [-0.2, 0) is 0 Å². The third-order valence-electron chi connectivity index (χ3n) is 3.53. The van der Waals surface area contributed by atoms with Crippen LogP contribution in [0.5, 0.6) is 0 Å². The summed E-state index contributed by atoms with van der Waals surface area (Å²) in [5, 5.41) is 9.37. The number of rotatable bonds is 2. The van der Waals surface area contributed by atoms with Gasteiger partial charge in [0.1, 0.15) is 0 Å². The van der Waals surface area contributed by atoms with E-state index in [4.69, 9.17) is 5.73 Å². The van der Waals surface area contributed by atoms with E-state index in [1.54, 1.807) is 11.3 Å². The Bertz CT molecular complexity index is 506. The van der Waals surface area contributed by atoms with Crippen molar-refractivity contribution in [1.29, 1.82) is 0 Å². The molecule has 0 aliphatic carbocycles. The highest BCUT2D eigenvalue weighted by Gasteiger charge is 2.27. The highest BCUT2D eigenvalue weighted by atomic mass is 32.1. The number of nitrogens with one attached hydrogen (secondary N) is 1. The predicted molar refractivity (Wildman–Crippen MR) is 73.7 cm³/mol. The average molecular weight is 263 g/mol. The third kappa shape index (κ3) is 2.02. The monoisotopic (exact) mass is 263 g/mol. The summed E-state index contributed by atoms with van der Waals surface area (Å²) >= 11 is 1.66. The minimum absolute atomic E-state index is 0.211. The van der Waals surface area contributed by atoms with Crippen LogP contribution in [0.25, 0.3) is 10.7 Å². The molecule has 1 aliphatic rings. The van der Waals surface area contributed by atoms with Gasteiger partial charge in [0.05, 0.1) is 4.88 Å². The van der Waals surface area contributed by atoms with Crippen LogP contribution in [0.2, 0.25) is 0 Å². The van der Waals surface area contributed by atoms with E-state index < -0.39 is 0 Å². The molecule has 18 heavy (non-hydrogen) atoms. The van der Waals surface area contributed by atoms with Crippen molar-refractivity contribution in [2.75, 3.05) is 11.4 Å². The summed E-state index contributed by atoms with van der Waals surface area (Å²) in [6, 6.07) is 4.57. The van der Waals surface area contributed by atoms with Gasteiger partial charge in [0.15, 0.2) is 5.82 Å². The summed E-state index contributed by atoms with van der Waals surface area (Å²) in [5.41, 5.74) is 6.10. The smallest absolute Gasteiger partial charge is 0.245 e. The fourth-order valence-electron chi connectivity index (χ4n) is 2.36. The number of nitrogens with two attached hydrogens (primary N) is 1. The van der Waals surface area contributed by atoms with Gasteiger partial charge in [0, 0.05) is 18.6 Å². The van der Waals surface area contributed by atoms with Crippen molar-refractivity contribution in [3.05, 3.63) is 17.5 Å². The lowest BCUT2D eigenvalue weighted by Crippen LogP contribution is -2.50. The molecular weight excluding hydrogens is 246 g/mol. The van der Waals surface area contributed by atoms with E-state index in [1.807, 2.05) is 17.5 Å². The Kier molecular flexibility index (Phi) is 3.05. The van der Waals surface area contributed by atoms with Gasteiger partial charge in [-0.2, -0.15) is 4.98 Å². The van der Waals surface area contributed by atoms with E-state index in [9.17, 15) is 0 Å². The SMILES string of the molecule is CC1C(N)CCCN1c1n[nH]c(-c2cccs2)n1. The highest BCUT2D eigenvalue weighted by Crippen LogP contribution is 2.25. The zero-order valence-electron chi connectivity index (χ0n) is 10.3. The van der Waals surface area contributed by atoms with Crippen LogP contribution in [0.3, 0.4) is 0 Å². The standard InChI is InChI=1S/C12H17N5S/c1-8-9(13)4-2-6-17(8)12-14-11(15-16-12)10-5-3-7-18-10/h3,5,7-9H,2,4,6,13H2,1H3,(H,14,15,16). The summed E-state index contributed by atoms with van der Waals surface area (Å²) in [6.07, 6.45) is 2.19. The second kappa shape index (κ2) is 4.70. The van der Waals surface area contributed by atoms with Crippen molar-refractivity contribution in [1.82, 2.24) is 15.2 Å². The molecule has 2 aromatic heterocycles. The van der Waals surface area contributed by atoms with Crippen LogP contribution in [0.4, 0.5) is 5.95 Å². The molecule has 2 aromatic rings. The molecule has 2 atom stereocenters. The third-order valence-corrected chi connectivity index (χ3v) is 4.41. The normalized spacial score (nSPS) is 24.4. The summed E-state index contributed by atoms with van der Waals surface area (Å²) in [6.45, 7) is 3.13. The number of aromatic amines is 1. The maximum absolute atomic E-state index is 6.10. The molecule has 1 aliphatic heterocycles. The lowest BCUT2D eigenvalue weighted by atomic mass is 9.99. The first kappa shape index (κ1) is 11.7. The molecule has 0 amide bonds. The van der Waals surface area contributed by atoms with E-state index in [2.05, 4.69) is 27.0 Å². The van der Waals surface area contributed by atoms with Gasteiger partial charge >= 0.3 is 0 Å². The lowest BCUT2D eigenvalue weighted by molar-refractivity contribution is 0.416. The van der Waals surface area contributed by atoms with Crippen molar-refractivity contribution in [2.24, 2.45) is 5.73 Å². The largest absolute Gasteiger partial charge is 0.335 e. The summed E-state index contributed by atoms with van der Waals surface area (Å²) < 4.78 is 0. The van der Waals surface area contributed by atoms with Gasteiger partial charge in [-0.1, -0.05) is 6.07 Å². The minimum atomic E-state index is 0.211. The van der Waals surface area contributed by atoms with E-state index in [0.29, 0.717) is 6.04 Å². The van der Waals surface area contributed by atoms with Crippen molar-refractivity contribution in [3.8, 4) is 10.7 Å². The molecule has 6 heteroatoms. The van der Waals surface area contributed by atoms with Crippen LogP contribution >= 0.6 is 11.3 Å². The van der Waals surface area contributed by atoms with Gasteiger partial charge in [-0.25, -0.2) is 0 Å². The maximum atomic E-state index is 6.10. The average Bonchev–Trinajstić information content (AvgIpc) is 3.01. The quantitative estimate of drug-likeness (QED) is 0.867. The summed E-state index contributed by atoms with van der Waals surface area (Å²) in [5.74, 6) is 1.60. The van der Waals surface area contributed by atoms with E-state index in [0.717, 1.165) is 36.0 Å². The molecule has 96 valence electrons. The Hall–Kier alpha value is -1.40. The number of thiophene rings is 1. The van der Waals surface area contributed by atoms with Gasteiger partial charge in [0.25, 0.3) is 0 Å². The van der Waals surface area contributed by atoms with Crippen LogP contribution < -0.4 is 10.6 Å². The fraction of sp³-hybridized carbons (Fsp3) is 0.500. The molecule has 1 saturated heterocycles. The molecule has 3 heterocycles. The van der Waals surface area contributed by atoms with Crippen LogP contribution in [0.15, 0.2) is 17.5 Å². The summed E-state index contributed by atoms with van der Waals surface area (Å²) in [4.78, 5) is 7.89. The van der Waals surface area contributed by atoms with E-state index >= 15 is 0 Å². The number of piperidine rings is 1. The van der Waals surface area contributed by atoms with Crippen LogP contribution in [-0.4, -0.2) is 33.8 Å². The van der Waals surface area contributed by atoms with Crippen LogP contribution in [0, 0.1) is 0 Å². The highest BCUT2D eigenvalue weighted by molar-refractivity contribution is 7.13. The molecule has 0 bridgehead atoms. The number of nitrogens with zero attached hydrogens (tertiary/aromatic N) is 3. The number of anilines is 1. The topological polar surface area (TPSA) is 70.8 Å². The van der Waals surface area contributed by atoms with Crippen LogP contribution in [0.1, 0.15) is 19.8 Å². The predicted octanol–water partition coefficient (Wildman–Crippen LogP) is 1.85. The van der Waals surface area contributed by atoms with Gasteiger partial charge < -0.3 is 10.6 Å². The number of H-pyrrole nitrogens is 1. The Morgan fingerprint density at radius 3 is 3.22 bits per heavy atom. The number of hydrogen-bond acceptors (Lipinski definition) is 5. The van der Waals surface area contributed by atoms with Gasteiger partial charge in [-0.3, -0.25) is 5.10 Å². The fourth-order valence-corrected chi connectivity index (χ4v) is 3.02. The molecule has 0 spiro atoms. The van der Waals surface area contributed by atoms with E-state index in [-0.39, 0.29) is 6.04 Å². The Labute approximate surface area is 110 Å². The molecule has 1 fully saturated rings. The van der Waals surface area contributed by atoms with Crippen molar-refractivity contribution in [2.45, 2.75) is 31.8 Å². The lowest BCUT2D eigenvalue weighted by Gasteiger charge is -2.36. The van der Waals surface area contributed by atoms with E-state index in [1.165, 1.54) is 0 Å². The van der Waals surface area contributed by atoms with Gasteiger partial charge in [-0.05, 0) is 31.2 Å².